The summed E-state index contributed by atoms with van der Waals surface area (Å²) in [6.45, 7) is 0. The van der Waals surface area contributed by atoms with Crippen molar-refractivity contribution in [3.05, 3.63) is 107 Å². The molecule has 26 heavy (non-hydrogen) atoms. The van der Waals surface area contributed by atoms with Crippen molar-refractivity contribution in [2.45, 2.75) is 6.42 Å². The van der Waals surface area contributed by atoms with Crippen LogP contribution >= 0.6 is 0 Å². The van der Waals surface area contributed by atoms with Gasteiger partial charge >= 0.3 is 0 Å². The average molecular weight is 336 g/mol. The summed E-state index contributed by atoms with van der Waals surface area (Å²) in [5.74, 6) is 1.69. The summed E-state index contributed by atoms with van der Waals surface area (Å²) < 4.78 is 5.93. The first-order valence-electron chi connectivity index (χ1n) is 8.71. The van der Waals surface area contributed by atoms with Crippen molar-refractivity contribution in [1.82, 2.24) is 0 Å². The largest absolute Gasteiger partial charge is 0.457 e. The van der Waals surface area contributed by atoms with Gasteiger partial charge in [0.15, 0.2) is 5.78 Å². The molecule has 4 aromatic carbocycles. The first-order valence-corrected chi connectivity index (χ1v) is 8.71. The van der Waals surface area contributed by atoms with Crippen LogP contribution in [0.1, 0.15) is 27.0 Å². The van der Waals surface area contributed by atoms with E-state index in [2.05, 4.69) is 12.1 Å². The Bertz CT molecular complexity index is 1140. The van der Waals surface area contributed by atoms with Crippen LogP contribution in [0.4, 0.5) is 0 Å². The highest BCUT2D eigenvalue weighted by molar-refractivity contribution is 6.19. The molecule has 0 heterocycles. The number of para-hydroxylation sites is 1. The van der Waals surface area contributed by atoms with Crippen LogP contribution in [-0.4, -0.2) is 5.78 Å². The van der Waals surface area contributed by atoms with Gasteiger partial charge in [-0.3, -0.25) is 4.79 Å². The van der Waals surface area contributed by atoms with Gasteiger partial charge in [-0.1, -0.05) is 54.6 Å². The molecule has 0 unspecified atom stereocenters. The van der Waals surface area contributed by atoms with Crippen molar-refractivity contribution < 1.29 is 9.53 Å². The van der Waals surface area contributed by atoms with E-state index in [9.17, 15) is 4.79 Å². The third kappa shape index (κ3) is 2.39. The number of carbonyl (C=O) groups excluding carboxylic acids is 1. The molecule has 0 saturated carbocycles. The molecule has 1 aliphatic rings. The third-order valence-electron chi connectivity index (χ3n) is 4.93. The molecule has 0 aliphatic heterocycles. The quantitative estimate of drug-likeness (QED) is 0.409. The van der Waals surface area contributed by atoms with E-state index < -0.39 is 0 Å². The summed E-state index contributed by atoms with van der Waals surface area (Å²) in [6.07, 6.45) is 0.801. The molecular formula is C24H16O2. The van der Waals surface area contributed by atoms with Crippen LogP contribution in [0.25, 0.3) is 10.8 Å². The molecule has 5 rings (SSSR count). The molecule has 0 amide bonds. The number of fused-ring (bicyclic) bond motifs is 4. The molecule has 0 bridgehead atoms. The highest BCUT2D eigenvalue weighted by Crippen LogP contribution is 2.34. The molecule has 2 heteroatoms. The average Bonchev–Trinajstić information content (AvgIpc) is 2.68. The van der Waals surface area contributed by atoms with Crippen molar-refractivity contribution in [2.24, 2.45) is 0 Å². The minimum Gasteiger partial charge on any atom is -0.457 e. The molecule has 0 fully saturated rings. The Kier molecular flexibility index (Phi) is 3.36. The van der Waals surface area contributed by atoms with Gasteiger partial charge < -0.3 is 4.74 Å². The first-order chi connectivity index (χ1) is 12.8. The number of hydrogen-bond donors (Lipinski definition) is 0. The lowest BCUT2D eigenvalue weighted by atomic mass is 9.82. The normalized spacial score (nSPS) is 12.5. The Labute approximate surface area is 151 Å². The summed E-state index contributed by atoms with van der Waals surface area (Å²) in [5, 5.41) is 2.01. The summed E-state index contributed by atoms with van der Waals surface area (Å²) >= 11 is 0. The zero-order valence-electron chi connectivity index (χ0n) is 14.1. The predicted octanol–water partition coefficient (Wildman–Crippen LogP) is 5.77. The second-order valence-corrected chi connectivity index (χ2v) is 6.56. The lowest BCUT2D eigenvalue weighted by molar-refractivity contribution is 0.103. The fourth-order valence-electron chi connectivity index (χ4n) is 3.69. The molecule has 0 saturated heterocycles. The lowest BCUT2D eigenvalue weighted by Crippen LogP contribution is -2.15. The molecule has 0 aromatic heterocycles. The van der Waals surface area contributed by atoms with Gasteiger partial charge in [-0.05, 0) is 58.7 Å². The van der Waals surface area contributed by atoms with Gasteiger partial charge in [0, 0.05) is 11.1 Å². The van der Waals surface area contributed by atoms with Gasteiger partial charge in [-0.2, -0.15) is 0 Å². The fraction of sp³-hybridized carbons (Fsp3) is 0.0417. The van der Waals surface area contributed by atoms with E-state index in [4.69, 9.17) is 4.74 Å². The molecule has 2 nitrogen and oxygen atoms in total. The van der Waals surface area contributed by atoms with Gasteiger partial charge in [0.1, 0.15) is 11.5 Å². The van der Waals surface area contributed by atoms with Crippen LogP contribution in [0.2, 0.25) is 0 Å². The van der Waals surface area contributed by atoms with E-state index in [1.54, 1.807) is 0 Å². The van der Waals surface area contributed by atoms with Crippen LogP contribution in [0, 0.1) is 0 Å². The van der Waals surface area contributed by atoms with E-state index in [0.717, 1.165) is 50.9 Å². The standard InChI is InChI=1S/C24H16O2/c25-24-22-9-5-4-6-16(22)14-18-11-10-17-15-20(12-13-21(17)23(18)24)26-19-7-2-1-3-8-19/h1-13,15H,14H2. The summed E-state index contributed by atoms with van der Waals surface area (Å²) in [4.78, 5) is 13.1. The van der Waals surface area contributed by atoms with Gasteiger partial charge in [0.2, 0.25) is 0 Å². The molecule has 0 radical (unpaired) electrons. The van der Waals surface area contributed by atoms with Gasteiger partial charge in [0.25, 0.3) is 0 Å². The van der Waals surface area contributed by atoms with Crippen LogP contribution in [0.15, 0.2) is 84.9 Å². The van der Waals surface area contributed by atoms with Crippen molar-refractivity contribution in [2.75, 3.05) is 0 Å². The SMILES string of the molecule is O=C1c2ccccc2Cc2ccc3cc(Oc4ccccc4)ccc3c21. The van der Waals surface area contributed by atoms with E-state index in [1.165, 1.54) is 0 Å². The van der Waals surface area contributed by atoms with Crippen LogP contribution in [0.3, 0.4) is 0 Å². The van der Waals surface area contributed by atoms with Crippen LogP contribution in [-0.2, 0) is 6.42 Å². The molecular weight excluding hydrogens is 320 g/mol. The van der Waals surface area contributed by atoms with Crippen molar-refractivity contribution in [3.8, 4) is 11.5 Å². The lowest BCUT2D eigenvalue weighted by Gasteiger charge is -2.20. The van der Waals surface area contributed by atoms with Gasteiger partial charge in [-0.25, -0.2) is 0 Å². The van der Waals surface area contributed by atoms with Gasteiger partial charge in [0.05, 0.1) is 0 Å². The second-order valence-electron chi connectivity index (χ2n) is 6.56. The number of hydrogen-bond acceptors (Lipinski definition) is 2. The van der Waals surface area contributed by atoms with E-state index >= 15 is 0 Å². The number of benzene rings is 4. The highest BCUT2D eigenvalue weighted by Gasteiger charge is 2.24. The zero-order chi connectivity index (χ0) is 17.5. The van der Waals surface area contributed by atoms with E-state index in [0.29, 0.717) is 0 Å². The molecule has 0 N–H and O–H groups in total. The van der Waals surface area contributed by atoms with E-state index in [-0.39, 0.29) is 5.78 Å². The maximum absolute atomic E-state index is 13.1. The minimum atomic E-state index is 0.115. The molecule has 124 valence electrons. The fourth-order valence-corrected chi connectivity index (χ4v) is 3.69. The summed E-state index contributed by atoms with van der Waals surface area (Å²) in [6, 6.07) is 27.7. The zero-order valence-corrected chi connectivity index (χ0v) is 14.1. The predicted molar refractivity (Wildman–Crippen MR) is 103 cm³/mol. The van der Waals surface area contributed by atoms with Crippen molar-refractivity contribution in [3.63, 3.8) is 0 Å². The maximum Gasteiger partial charge on any atom is 0.194 e. The van der Waals surface area contributed by atoms with Crippen molar-refractivity contribution in [1.29, 1.82) is 0 Å². The maximum atomic E-state index is 13.1. The Hall–Kier alpha value is -3.39. The summed E-state index contributed by atoms with van der Waals surface area (Å²) in [5.41, 5.74) is 3.84. The van der Waals surface area contributed by atoms with Crippen molar-refractivity contribution >= 4 is 16.6 Å². The Morgan fingerprint density at radius 2 is 1.50 bits per heavy atom. The Morgan fingerprint density at radius 1 is 0.692 bits per heavy atom. The molecule has 0 atom stereocenters. The van der Waals surface area contributed by atoms with Crippen LogP contribution in [0.5, 0.6) is 11.5 Å². The third-order valence-corrected chi connectivity index (χ3v) is 4.93. The number of ketones is 1. The van der Waals surface area contributed by atoms with E-state index in [1.807, 2.05) is 72.8 Å². The monoisotopic (exact) mass is 336 g/mol. The smallest absolute Gasteiger partial charge is 0.194 e. The number of ether oxygens (including phenoxy) is 1. The molecule has 1 aliphatic carbocycles. The highest BCUT2D eigenvalue weighted by atomic mass is 16.5. The number of carbonyl (C=O) groups is 1. The van der Waals surface area contributed by atoms with Crippen LogP contribution < -0.4 is 4.74 Å². The minimum absolute atomic E-state index is 0.115. The topological polar surface area (TPSA) is 26.3 Å². The second kappa shape index (κ2) is 5.85. The number of rotatable bonds is 2. The summed E-state index contributed by atoms with van der Waals surface area (Å²) in [7, 11) is 0. The van der Waals surface area contributed by atoms with Gasteiger partial charge in [-0.15, -0.1) is 0 Å². The Balaban J connectivity index is 1.60. The first kappa shape index (κ1) is 14.9. The Morgan fingerprint density at radius 3 is 2.38 bits per heavy atom. The molecule has 4 aromatic rings. The molecule has 0 spiro atoms.